The van der Waals surface area contributed by atoms with Crippen LogP contribution in [0, 0.1) is 12.8 Å². The van der Waals surface area contributed by atoms with Crippen LogP contribution < -0.4 is 21.3 Å². The first-order valence-electron chi connectivity index (χ1n) is 11.9. The molecule has 0 aliphatic heterocycles. The molecule has 0 aromatic heterocycles. The van der Waals surface area contributed by atoms with Crippen LogP contribution in [0.5, 0.6) is 0 Å². The number of nitrogens with one attached hydrogen (secondary N) is 4. The molecule has 4 amide bonds. The van der Waals surface area contributed by atoms with E-state index in [0.717, 1.165) is 12.0 Å². The number of urea groups is 1. The molecule has 0 spiro atoms. The molecular weight excluding hydrogens is 462 g/mol. The summed E-state index contributed by atoms with van der Waals surface area (Å²) in [4.78, 5) is 49.5. The van der Waals surface area contributed by atoms with Gasteiger partial charge in [0, 0.05) is 30.2 Å². The number of amides is 4. The molecule has 0 fully saturated rings. The second-order valence-electron chi connectivity index (χ2n) is 8.84. The summed E-state index contributed by atoms with van der Waals surface area (Å²) in [5.74, 6) is -1.21. The molecule has 0 saturated carbocycles. The highest BCUT2D eigenvalue weighted by Crippen LogP contribution is 2.16. The molecule has 0 aliphatic rings. The highest BCUT2D eigenvalue weighted by Gasteiger charge is 2.17. The third kappa shape index (κ3) is 10.6. The van der Waals surface area contributed by atoms with Gasteiger partial charge in [-0.05, 0) is 55.2 Å². The smallest absolute Gasteiger partial charge is 0.323 e. The van der Waals surface area contributed by atoms with E-state index in [1.165, 1.54) is 4.90 Å². The number of carboxylic acid groups (broad SMARTS) is 1. The molecule has 0 unspecified atom stereocenters. The molecule has 2 aromatic carbocycles. The van der Waals surface area contributed by atoms with Gasteiger partial charge < -0.3 is 31.3 Å². The van der Waals surface area contributed by atoms with Crippen molar-refractivity contribution in [2.45, 2.75) is 33.6 Å². The Labute approximate surface area is 211 Å². The Balaban J connectivity index is 1.88. The molecule has 0 heterocycles. The van der Waals surface area contributed by atoms with E-state index in [-0.39, 0.29) is 43.9 Å². The number of benzene rings is 2. The average Bonchev–Trinajstić information content (AvgIpc) is 2.82. The highest BCUT2D eigenvalue weighted by atomic mass is 16.4. The Kier molecular flexibility index (Phi) is 11.4. The summed E-state index contributed by atoms with van der Waals surface area (Å²) in [6.07, 6.45) is 0.650. The highest BCUT2D eigenvalue weighted by molar-refractivity contribution is 6.00. The Morgan fingerprint density at radius 1 is 0.917 bits per heavy atom. The molecular formula is C26H35N5O5. The summed E-state index contributed by atoms with van der Waals surface area (Å²) in [7, 11) is 0. The first kappa shape index (κ1) is 28.3. The lowest BCUT2D eigenvalue weighted by Crippen LogP contribution is -2.43. The quantitative estimate of drug-likeness (QED) is 0.268. The second-order valence-corrected chi connectivity index (χ2v) is 8.84. The van der Waals surface area contributed by atoms with Crippen molar-refractivity contribution < 1.29 is 24.3 Å². The Hall–Kier alpha value is -3.92. The van der Waals surface area contributed by atoms with Crippen LogP contribution in [0.15, 0.2) is 48.5 Å². The van der Waals surface area contributed by atoms with Gasteiger partial charge in [-0.1, -0.05) is 32.0 Å². The van der Waals surface area contributed by atoms with E-state index < -0.39 is 5.97 Å². The maximum absolute atomic E-state index is 12.6. The van der Waals surface area contributed by atoms with E-state index in [1.54, 1.807) is 24.3 Å². The van der Waals surface area contributed by atoms with Gasteiger partial charge in [-0.2, -0.15) is 0 Å². The maximum Gasteiger partial charge on any atom is 0.323 e. The molecule has 0 radical (unpaired) electrons. The van der Waals surface area contributed by atoms with Crippen LogP contribution in [-0.2, 0) is 14.4 Å². The van der Waals surface area contributed by atoms with E-state index in [4.69, 9.17) is 5.11 Å². The molecule has 2 aromatic rings. The summed E-state index contributed by atoms with van der Waals surface area (Å²) >= 11 is 0. The van der Waals surface area contributed by atoms with E-state index in [0.29, 0.717) is 29.5 Å². The van der Waals surface area contributed by atoms with Crippen LogP contribution in [0.25, 0.3) is 0 Å². The molecule has 0 saturated heterocycles. The van der Waals surface area contributed by atoms with E-state index in [9.17, 15) is 19.2 Å². The molecule has 194 valence electrons. The lowest BCUT2D eigenvalue weighted by atomic mass is 10.1. The summed E-state index contributed by atoms with van der Waals surface area (Å²) in [5, 5.41) is 19.8. The number of carbonyl (C=O) groups is 4. The molecule has 0 bridgehead atoms. The molecule has 36 heavy (non-hydrogen) atoms. The standard InChI is InChI=1S/C26H35N5O5/c1-18(2)13-15-31(24(33)16-27-14-12-25(34)35)17-23(32)28-20-8-10-21(11-9-20)29-26(36)30-22-7-5-4-6-19(22)3/h4-11,18,27H,12-17H2,1-3H3,(H,28,32)(H,34,35)(H2,29,30,36). The van der Waals surface area contributed by atoms with Crippen LogP contribution in [0.4, 0.5) is 21.9 Å². The van der Waals surface area contributed by atoms with Crippen molar-refractivity contribution in [3.05, 3.63) is 54.1 Å². The second kappa shape index (κ2) is 14.5. The van der Waals surface area contributed by atoms with Crippen molar-refractivity contribution in [1.29, 1.82) is 0 Å². The van der Waals surface area contributed by atoms with E-state index >= 15 is 0 Å². The molecule has 10 nitrogen and oxygen atoms in total. The fourth-order valence-corrected chi connectivity index (χ4v) is 3.22. The van der Waals surface area contributed by atoms with Crippen molar-refractivity contribution in [3.8, 4) is 0 Å². The molecule has 2 rings (SSSR count). The fraction of sp³-hybridized carbons (Fsp3) is 0.385. The van der Waals surface area contributed by atoms with Crippen LogP contribution >= 0.6 is 0 Å². The number of rotatable bonds is 13. The van der Waals surface area contributed by atoms with Crippen molar-refractivity contribution in [2.24, 2.45) is 5.92 Å². The van der Waals surface area contributed by atoms with Crippen LogP contribution in [0.3, 0.4) is 0 Å². The summed E-state index contributed by atoms with van der Waals surface area (Å²) < 4.78 is 0. The number of anilines is 3. The van der Waals surface area contributed by atoms with E-state index in [1.807, 2.05) is 45.0 Å². The van der Waals surface area contributed by atoms with Crippen LogP contribution in [-0.4, -0.2) is 60.0 Å². The minimum Gasteiger partial charge on any atom is -0.481 e. The molecule has 10 heteroatoms. The topological polar surface area (TPSA) is 140 Å². The SMILES string of the molecule is Cc1ccccc1NC(=O)Nc1ccc(NC(=O)CN(CCC(C)C)C(=O)CNCCC(=O)O)cc1. The number of para-hydroxylation sites is 1. The van der Waals surface area contributed by atoms with Gasteiger partial charge in [0.1, 0.15) is 0 Å². The van der Waals surface area contributed by atoms with Crippen molar-refractivity contribution in [2.75, 3.05) is 42.1 Å². The van der Waals surface area contributed by atoms with Crippen molar-refractivity contribution in [1.82, 2.24) is 10.2 Å². The zero-order chi connectivity index (χ0) is 26.5. The maximum atomic E-state index is 12.6. The number of carboxylic acids is 1. The zero-order valence-corrected chi connectivity index (χ0v) is 21.0. The van der Waals surface area contributed by atoms with Crippen molar-refractivity contribution >= 4 is 40.9 Å². The van der Waals surface area contributed by atoms with Gasteiger partial charge in [0.2, 0.25) is 11.8 Å². The summed E-state index contributed by atoms with van der Waals surface area (Å²) in [6, 6.07) is 13.7. The van der Waals surface area contributed by atoms with Gasteiger partial charge in [-0.15, -0.1) is 0 Å². The first-order chi connectivity index (χ1) is 17.1. The van der Waals surface area contributed by atoms with Crippen molar-refractivity contribution in [3.63, 3.8) is 0 Å². The number of hydrogen-bond donors (Lipinski definition) is 5. The van der Waals surface area contributed by atoms with Gasteiger partial charge in [-0.25, -0.2) is 4.79 Å². The predicted molar refractivity (Wildman–Crippen MR) is 140 cm³/mol. The third-order valence-electron chi connectivity index (χ3n) is 5.28. The Bertz CT molecular complexity index is 1040. The van der Waals surface area contributed by atoms with E-state index in [2.05, 4.69) is 21.3 Å². The number of nitrogens with zero attached hydrogens (tertiary/aromatic N) is 1. The Morgan fingerprint density at radius 2 is 1.56 bits per heavy atom. The first-order valence-corrected chi connectivity index (χ1v) is 11.9. The van der Waals surface area contributed by atoms with Gasteiger partial charge in [-0.3, -0.25) is 14.4 Å². The van der Waals surface area contributed by atoms with Crippen LogP contribution in [0.1, 0.15) is 32.3 Å². The monoisotopic (exact) mass is 497 g/mol. The number of hydrogen-bond acceptors (Lipinski definition) is 5. The number of aliphatic carboxylic acids is 1. The summed E-state index contributed by atoms with van der Waals surface area (Å²) in [6.45, 7) is 6.41. The number of carbonyl (C=O) groups excluding carboxylic acids is 3. The largest absolute Gasteiger partial charge is 0.481 e. The zero-order valence-electron chi connectivity index (χ0n) is 21.0. The average molecular weight is 498 g/mol. The Morgan fingerprint density at radius 3 is 2.17 bits per heavy atom. The number of aryl methyl sites for hydroxylation is 1. The molecule has 0 aliphatic carbocycles. The van der Waals surface area contributed by atoms with Gasteiger partial charge in [0.05, 0.1) is 19.5 Å². The molecule has 0 atom stereocenters. The fourth-order valence-electron chi connectivity index (χ4n) is 3.22. The van der Waals surface area contributed by atoms with Crippen LogP contribution in [0.2, 0.25) is 0 Å². The minimum atomic E-state index is -0.945. The van der Waals surface area contributed by atoms with Gasteiger partial charge in [0.25, 0.3) is 0 Å². The molecule has 5 N–H and O–H groups in total. The minimum absolute atomic E-state index is 0.0381. The third-order valence-corrected chi connectivity index (χ3v) is 5.28. The summed E-state index contributed by atoms with van der Waals surface area (Å²) in [5.41, 5.74) is 2.75. The lowest BCUT2D eigenvalue weighted by molar-refractivity contribution is -0.137. The lowest BCUT2D eigenvalue weighted by Gasteiger charge is -2.23. The van der Waals surface area contributed by atoms with Gasteiger partial charge >= 0.3 is 12.0 Å². The van der Waals surface area contributed by atoms with Gasteiger partial charge in [0.15, 0.2) is 0 Å². The normalized spacial score (nSPS) is 10.6. The predicted octanol–water partition coefficient (Wildman–Crippen LogP) is 3.52.